The van der Waals surface area contributed by atoms with Gasteiger partial charge in [-0.2, -0.15) is 0 Å². The Balaban J connectivity index is 2.20. The maximum atomic E-state index is 2.46. The van der Waals surface area contributed by atoms with Gasteiger partial charge in [0, 0.05) is 0 Å². The second-order valence-corrected chi connectivity index (χ2v) is 7.13. The number of rotatable bonds is 0. The molecule has 2 unspecified atom stereocenters. The SMILES string of the molecule is CC1CC(=C2CCCCC2C)CC(C)(C)C1. The third kappa shape index (κ3) is 2.70. The zero-order valence-electron chi connectivity index (χ0n) is 11.6. The van der Waals surface area contributed by atoms with Gasteiger partial charge in [0.1, 0.15) is 0 Å². The summed E-state index contributed by atoms with van der Waals surface area (Å²) in [5.41, 5.74) is 4.25. The van der Waals surface area contributed by atoms with Gasteiger partial charge in [-0.3, -0.25) is 0 Å². The van der Waals surface area contributed by atoms with Gasteiger partial charge in [0.25, 0.3) is 0 Å². The Hall–Kier alpha value is -0.260. The average Bonchev–Trinajstić information content (AvgIpc) is 2.15. The van der Waals surface area contributed by atoms with E-state index in [9.17, 15) is 0 Å². The Morgan fingerprint density at radius 2 is 1.88 bits per heavy atom. The van der Waals surface area contributed by atoms with E-state index in [2.05, 4.69) is 27.7 Å². The quantitative estimate of drug-likeness (QED) is 0.483. The molecule has 2 aliphatic carbocycles. The first-order valence-electron chi connectivity index (χ1n) is 7.19. The Morgan fingerprint density at radius 3 is 2.50 bits per heavy atom. The smallest absolute Gasteiger partial charge is 0.0229 e. The third-order valence-electron chi connectivity index (χ3n) is 4.57. The highest BCUT2D eigenvalue weighted by Crippen LogP contribution is 2.45. The van der Waals surface area contributed by atoms with E-state index >= 15 is 0 Å². The highest BCUT2D eigenvalue weighted by atomic mass is 14.4. The summed E-state index contributed by atoms with van der Waals surface area (Å²) in [6.07, 6.45) is 9.92. The van der Waals surface area contributed by atoms with Crippen LogP contribution in [0.3, 0.4) is 0 Å². The van der Waals surface area contributed by atoms with E-state index < -0.39 is 0 Å². The lowest BCUT2D eigenvalue weighted by atomic mass is 9.67. The lowest BCUT2D eigenvalue weighted by molar-refractivity contribution is 0.230. The summed E-state index contributed by atoms with van der Waals surface area (Å²) >= 11 is 0. The zero-order valence-corrected chi connectivity index (χ0v) is 11.6. The molecule has 0 nitrogen and oxygen atoms in total. The number of allylic oxidation sites excluding steroid dienone is 2. The van der Waals surface area contributed by atoms with Gasteiger partial charge in [0.05, 0.1) is 0 Å². The largest absolute Gasteiger partial charge is 0.0699 e. The van der Waals surface area contributed by atoms with Crippen LogP contribution in [-0.4, -0.2) is 0 Å². The summed E-state index contributed by atoms with van der Waals surface area (Å²) in [5.74, 6) is 1.78. The first-order chi connectivity index (χ1) is 7.48. The van der Waals surface area contributed by atoms with E-state index in [0.717, 1.165) is 11.8 Å². The van der Waals surface area contributed by atoms with Crippen molar-refractivity contribution in [3.8, 4) is 0 Å². The molecule has 92 valence electrons. The summed E-state index contributed by atoms with van der Waals surface area (Å²) in [5, 5.41) is 0. The highest BCUT2D eigenvalue weighted by Gasteiger charge is 2.31. The molecule has 0 aromatic carbocycles. The Kier molecular flexibility index (Phi) is 3.47. The molecule has 0 heteroatoms. The Labute approximate surface area is 102 Å². The van der Waals surface area contributed by atoms with Gasteiger partial charge in [0.2, 0.25) is 0 Å². The molecule has 0 amide bonds. The standard InChI is InChI=1S/C16H28/c1-12-9-14(11-16(3,4)10-12)15-8-6-5-7-13(15)2/h12-13H,5-11H2,1-4H3. The summed E-state index contributed by atoms with van der Waals surface area (Å²) in [6.45, 7) is 9.80. The molecule has 0 saturated heterocycles. The predicted octanol–water partition coefficient (Wildman–Crippen LogP) is 5.34. The minimum absolute atomic E-state index is 0.553. The fraction of sp³-hybridized carbons (Fsp3) is 0.875. The fourth-order valence-electron chi connectivity index (χ4n) is 4.11. The van der Waals surface area contributed by atoms with Crippen molar-refractivity contribution < 1.29 is 0 Å². The third-order valence-corrected chi connectivity index (χ3v) is 4.57. The maximum Gasteiger partial charge on any atom is -0.0229 e. The molecule has 0 spiro atoms. The van der Waals surface area contributed by atoms with Gasteiger partial charge < -0.3 is 0 Å². The van der Waals surface area contributed by atoms with Crippen LogP contribution in [0.5, 0.6) is 0 Å². The molecule has 0 radical (unpaired) electrons. The van der Waals surface area contributed by atoms with Crippen LogP contribution in [0.1, 0.15) is 72.6 Å². The summed E-state index contributed by atoms with van der Waals surface area (Å²) < 4.78 is 0. The van der Waals surface area contributed by atoms with Crippen LogP contribution in [0.4, 0.5) is 0 Å². The normalized spacial score (nSPS) is 39.8. The average molecular weight is 220 g/mol. The molecule has 16 heavy (non-hydrogen) atoms. The molecular weight excluding hydrogens is 192 g/mol. The second-order valence-electron chi connectivity index (χ2n) is 7.13. The lowest BCUT2D eigenvalue weighted by Gasteiger charge is -2.38. The van der Waals surface area contributed by atoms with E-state index in [1.54, 1.807) is 0 Å². The molecule has 0 heterocycles. The van der Waals surface area contributed by atoms with Gasteiger partial charge in [-0.05, 0) is 55.8 Å². The maximum absolute atomic E-state index is 2.46. The Bertz CT molecular complexity index is 282. The lowest BCUT2D eigenvalue weighted by Crippen LogP contribution is -2.25. The molecule has 2 aliphatic rings. The van der Waals surface area contributed by atoms with Crippen molar-refractivity contribution in [2.45, 2.75) is 72.6 Å². The summed E-state index contributed by atoms with van der Waals surface area (Å²) in [6, 6.07) is 0. The van der Waals surface area contributed by atoms with Crippen LogP contribution in [0.2, 0.25) is 0 Å². The first-order valence-corrected chi connectivity index (χ1v) is 7.19. The van der Waals surface area contributed by atoms with Gasteiger partial charge in [-0.25, -0.2) is 0 Å². The highest BCUT2D eigenvalue weighted by molar-refractivity contribution is 5.21. The topological polar surface area (TPSA) is 0 Å². The van der Waals surface area contributed by atoms with Crippen molar-refractivity contribution in [1.29, 1.82) is 0 Å². The molecule has 0 aromatic rings. The molecule has 2 atom stereocenters. The fourth-order valence-corrected chi connectivity index (χ4v) is 4.11. The van der Waals surface area contributed by atoms with Crippen LogP contribution < -0.4 is 0 Å². The van der Waals surface area contributed by atoms with Crippen molar-refractivity contribution in [3.63, 3.8) is 0 Å². The van der Waals surface area contributed by atoms with E-state index in [-0.39, 0.29) is 0 Å². The van der Waals surface area contributed by atoms with Gasteiger partial charge in [-0.15, -0.1) is 0 Å². The monoisotopic (exact) mass is 220 g/mol. The van der Waals surface area contributed by atoms with E-state index in [4.69, 9.17) is 0 Å². The van der Waals surface area contributed by atoms with Crippen LogP contribution in [0, 0.1) is 17.3 Å². The summed E-state index contributed by atoms with van der Waals surface area (Å²) in [4.78, 5) is 0. The van der Waals surface area contributed by atoms with Crippen LogP contribution >= 0.6 is 0 Å². The molecule has 0 aliphatic heterocycles. The van der Waals surface area contributed by atoms with E-state index in [1.165, 1.54) is 44.9 Å². The van der Waals surface area contributed by atoms with Crippen LogP contribution in [-0.2, 0) is 0 Å². The number of hydrogen-bond acceptors (Lipinski definition) is 0. The predicted molar refractivity (Wildman–Crippen MR) is 71.5 cm³/mol. The van der Waals surface area contributed by atoms with E-state index in [0.29, 0.717) is 5.41 Å². The molecular formula is C16H28. The van der Waals surface area contributed by atoms with Crippen molar-refractivity contribution in [2.24, 2.45) is 17.3 Å². The molecule has 2 rings (SSSR count). The van der Waals surface area contributed by atoms with Crippen molar-refractivity contribution in [3.05, 3.63) is 11.1 Å². The number of hydrogen-bond donors (Lipinski definition) is 0. The van der Waals surface area contributed by atoms with Crippen molar-refractivity contribution in [1.82, 2.24) is 0 Å². The van der Waals surface area contributed by atoms with E-state index in [1.807, 2.05) is 11.1 Å². The molecule has 0 aromatic heterocycles. The van der Waals surface area contributed by atoms with Gasteiger partial charge in [-0.1, -0.05) is 45.3 Å². The summed E-state index contributed by atoms with van der Waals surface area (Å²) in [7, 11) is 0. The minimum Gasteiger partial charge on any atom is -0.0699 e. The van der Waals surface area contributed by atoms with Gasteiger partial charge in [0.15, 0.2) is 0 Å². The Morgan fingerprint density at radius 1 is 1.12 bits per heavy atom. The first kappa shape index (κ1) is 12.2. The van der Waals surface area contributed by atoms with Crippen molar-refractivity contribution >= 4 is 0 Å². The minimum atomic E-state index is 0.553. The van der Waals surface area contributed by atoms with Crippen LogP contribution in [0.15, 0.2) is 11.1 Å². The molecule has 0 bridgehead atoms. The molecule has 0 N–H and O–H groups in total. The van der Waals surface area contributed by atoms with Gasteiger partial charge >= 0.3 is 0 Å². The zero-order chi connectivity index (χ0) is 11.8. The van der Waals surface area contributed by atoms with Crippen LogP contribution in [0.25, 0.3) is 0 Å². The molecule has 2 saturated carbocycles. The molecule has 2 fully saturated rings. The van der Waals surface area contributed by atoms with Crippen molar-refractivity contribution in [2.75, 3.05) is 0 Å². The second kappa shape index (κ2) is 4.55.